The van der Waals surface area contributed by atoms with Gasteiger partial charge in [-0.15, -0.1) is 0 Å². The smallest absolute Gasteiger partial charge is 0.203 e. The standard InChI is InChI=1S/C20H33N3O3/c1-14-6-8-15(9-7-14)12-22-20(21-2)23-13-16-10-17(24-3)19(26-5)18(11-16)25-4/h10-11,14-15H,6-9,12-13H2,1-5H3,(H2,21,22,23). The molecule has 0 heterocycles. The van der Waals surface area contributed by atoms with Crippen LogP contribution in [0.1, 0.15) is 38.2 Å². The van der Waals surface area contributed by atoms with Crippen LogP contribution in [0, 0.1) is 11.8 Å². The molecule has 0 saturated heterocycles. The molecule has 1 saturated carbocycles. The zero-order chi connectivity index (χ0) is 18.9. The van der Waals surface area contributed by atoms with Crippen LogP contribution in [0.4, 0.5) is 0 Å². The summed E-state index contributed by atoms with van der Waals surface area (Å²) in [4.78, 5) is 4.33. The van der Waals surface area contributed by atoms with Crippen molar-refractivity contribution in [3.63, 3.8) is 0 Å². The lowest BCUT2D eigenvalue weighted by atomic mass is 9.83. The van der Waals surface area contributed by atoms with Crippen LogP contribution in [0.5, 0.6) is 17.2 Å². The third-order valence-corrected chi connectivity index (χ3v) is 5.10. The molecule has 0 atom stereocenters. The molecule has 0 spiro atoms. The molecule has 1 aliphatic rings. The Morgan fingerprint density at radius 1 is 1.00 bits per heavy atom. The zero-order valence-electron chi connectivity index (χ0n) is 16.7. The van der Waals surface area contributed by atoms with E-state index in [9.17, 15) is 0 Å². The second-order valence-corrected chi connectivity index (χ2v) is 6.97. The van der Waals surface area contributed by atoms with Crippen LogP contribution in [0.3, 0.4) is 0 Å². The first-order valence-corrected chi connectivity index (χ1v) is 9.34. The number of benzene rings is 1. The van der Waals surface area contributed by atoms with Crippen LogP contribution in [-0.2, 0) is 6.54 Å². The van der Waals surface area contributed by atoms with Gasteiger partial charge in [-0.2, -0.15) is 0 Å². The fourth-order valence-electron chi connectivity index (χ4n) is 3.42. The maximum atomic E-state index is 5.41. The summed E-state index contributed by atoms with van der Waals surface area (Å²) >= 11 is 0. The Bertz CT molecular complexity index is 571. The van der Waals surface area contributed by atoms with Crippen LogP contribution >= 0.6 is 0 Å². The van der Waals surface area contributed by atoms with Crippen molar-refractivity contribution in [1.82, 2.24) is 10.6 Å². The topological polar surface area (TPSA) is 64.1 Å². The van der Waals surface area contributed by atoms with E-state index in [1.165, 1.54) is 25.7 Å². The van der Waals surface area contributed by atoms with Gasteiger partial charge in [0.1, 0.15) is 0 Å². The Balaban J connectivity index is 1.91. The largest absolute Gasteiger partial charge is 0.493 e. The van der Waals surface area contributed by atoms with E-state index < -0.39 is 0 Å². The molecule has 0 radical (unpaired) electrons. The molecule has 1 aliphatic carbocycles. The molecule has 1 aromatic rings. The van der Waals surface area contributed by atoms with Crippen molar-refractivity contribution >= 4 is 5.96 Å². The number of rotatable bonds is 7. The SMILES string of the molecule is CN=C(NCc1cc(OC)c(OC)c(OC)c1)NCC1CCC(C)CC1. The number of methoxy groups -OCH3 is 3. The molecule has 0 bridgehead atoms. The van der Waals surface area contributed by atoms with Crippen molar-refractivity contribution in [3.05, 3.63) is 17.7 Å². The Labute approximate surface area is 157 Å². The van der Waals surface area contributed by atoms with E-state index in [1.807, 2.05) is 12.1 Å². The molecule has 6 nitrogen and oxygen atoms in total. The van der Waals surface area contributed by atoms with Gasteiger partial charge >= 0.3 is 0 Å². The number of ether oxygens (including phenoxy) is 3. The van der Waals surface area contributed by atoms with E-state index in [4.69, 9.17) is 14.2 Å². The van der Waals surface area contributed by atoms with Gasteiger partial charge in [-0.05, 0) is 42.4 Å². The Morgan fingerprint density at radius 2 is 1.62 bits per heavy atom. The number of nitrogens with zero attached hydrogens (tertiary/aromatic N) is 1. The highest BCUT2D eigenvalue weighted by molar-refractivity contribution is 5.79. The number of hydrogen-bond donors (Lipinski definition) is 2. The molecule has 1 aromatic carbocycles. The summed E-state index contributed by atoms with van der Waals surface area (Å²) in [5.41, 5.74) is 1.04. The number of aliphatic imine (C=N–C) groups is 1. The van der Waals surface area contributed by atoms with Gasteiger partial charge in [0.15, 0.2) is 17.5 Å². The molecular formula is C20H33N3O3. The number of hydrogen-bond acceptors (Lipinski definition) is 4. The van der Waals surface area contributed by atoms with Gasteiger partial charge in [-0.3, -0.25) is 4.99 Å². The van der Waals surface area contributed by atoms with Crippen molar-refractivity contribution in [3.8, 4) is 17.2 Å². The first kappa shape index (κ1) is 20.2. The Kier molecular flexibility index (Phi) is 7.88. The molecule has 0 aliphatic heterocycles. The number of nitrogens with one attached hydrogen (secondary N) is 2. The Hall–Kier alpha value is -2.11. The molecule has 6 heteroatoms. The molecular weight excluding hydrogens is 330 g/mol. The lowest BCUT2D eigenvalue weighted by Crippen LogP contribution is -2.40. The molecule has 26 heavy (non-hydrogen) atoms. The summed E-state index contributed by atoms with van der Waals surface area (Å²) < 4.78 is 16.2. The minimum atomic E-state index is 0.604. The van der Waals surface area contributed by atoms with E-state index >= 15 is 0 Å². The summed E-state index contributed by atoms with van der Waals surface area (Å²) in [5, 5.41) is 6.82. The molecule has 2 rings (SSSR count). The van der Waals surface area contributed by atoms with Crippen LogP contribution in [0.15, 0.2) is 17.1 Å². The molecule has 0 amide bonds. The average Bonchev–Trinajstić information content (AvgIpc) is 2.68. The normalized spacial score (nSPS) is 20.4. The average molecular weight is 364 g/mol. The highest BCUT2D eigenvalue weighted by Crippen LogP contribution is 2.38. The maximum absolute atomic E-state index is 5.41. The Morgan fingerprint density at radius 3 is 2.12 bits per heavy atom. The van der Waals surface area contributed by atoms with Crippen LogP contribution in [0.25, 0.3) is 0 Å². The minimum Gasteiger partial charge on any atom is -0.493 e. The van der Waals surface area contributed by atoms with Crippen molar-refractivity contribution in [2.45, 2.75) is 39.2 Å². The molecule has 2 N–H and O–H groups in total. The zero-order valence-corrected chi connectivity index (χ0v) is 16.7. The van der Waals surface area contributed by atoms with Crippen LogP contribution in [0.2, 0.25) is 0 Å². The van der Waals surface area contributed by atoms with Gasteiger partial charge in [0.2, 0.25) is 5.75 Å². The summed E-state index contributed by atoms with van der Waals surface area (Å²) in [6.45, 7) is 3.95. The van der Waals surface area contributed by atoms with E-state index in [-0.39, 0.29) is 0 Å². The van der Waals surface area contributed by atoms with Crippen LogP contribution in [-0.4, -0.2) is 40.9 Å². The second-order valence-electron chi connectivity index (χ2n) is 6.97. The summed E-state index contributed by atoms with van der Waals surface area (Å²) in [6.07, 6.45) is 5.28. The monoisotopic (exact) mass is 363 g/mol. The molecule has 1 fully saturated rings. The fraction of sp³-hybridized carbons (Fsp3) is 0.650. The van der Waals surface area contributed by atoms with Crippen LogP contribution < -0.4 is 24.8 Å². The third-order valence-electron chi connectivity index (χ3n) is 5.10. The quantitative estimate of drug-likeness (QED) is 0.575. The van der Waals surface area contributed by atoms with Crippen molar-refractivity contribution in [2.75, 3.05) is 34.9 Å². The van der Waals surface area contributed by atoms with E-state index in [2.05, 4.69) is 22.5 Å². The lowest BCUT2D eigenvalue weighted by molar-refractivity contribution is 0.289. The van der Waals surface area contributed by atoms with Crippen molar-refractivity contribution in [1.29, 1.82) is 0 Å². The summed E-state index contributed by atoms with van der Waals surface area (Å²) in [7, 11) is 6.66. The van der Waals surface area contributed by atoms with Gasteiger partial charge in [0.05, 0.1) is 21.3 Å². The highest BCUT2D eigenvalue weighted by atomic mass is 16.5. The second kappa shape index (κ2) is 10.1. The highest BCUT2D eigenvalue weighted by Gasteiger charge is 2.18. The first-order chi connectivity index (χ1) is 12.6. The van der Waals surface area contributed by atoms with Crippen molar-refractivity contribution in [2.24, 2.45) is 16.8 Å². The van der Waals surface area contributed by atoms with Gasteiger partial charge in [0.25, 0.3) is 0 Å². The van der Waals surface area contributed by atoms with Gasteiger partial charge in [-0.25, -0.2) is 0 Å². The summed E-state index contributed by atoms with van der Waals surface area (Å²) in [6, 6.07) is 3.90. The minimum absolute atomic E-state index is 0.604. The van der Waals surface area contributed by atoms with E-state index in [0.717, 1.165) is 29.9 Å². The van der Waals surface area contributed by atoms with E-state index in [1.54, 1.807) is 28.4 Å². The molecule has 0 aromatic heterocycles. The predicted octanol–water partition coefficient (Wildman–Crippen LogP) is 3.20. The third kappa shape index (κ3) is 5.44. The summed E-state index contributed by atoms with van der Waals surface area (Å²) in [5.74, 6) is 4.35. The van der Waals surface area contributed by atoms with E-state index in [0.29, 0.717) is 23.8 Å². The fourth-order valence-corrected chi connectivity index (χ4v) is 3.42. The number of guanidine groups is 1. The van der Waals surface area contributed by atoms with Gasteiger partial charge in [-0.1, -0.05) is 19.8 Å². The lowest BCUT2D eigenvalue weighted by Gasteiger charge is -2.26. The molecule has 0 unspecified atom stereocenters. The molecule has 146 valence electrons. The predicted molar refractivity (Wildman–Crippen MR) is 105 cm³/mol. The first-order valence-electron chi connectivity index (χ1n) is 9.34. The van der Waals surface area contributed by atoms with Gasteiger partial charge < -0.3 is 24.8 Å². The van der Waals surface area contributed by atoms with Gasteiger partial charge in [0, 0.05) is 20.1 Å². The maximum Gasteiger partial charge on any atom is 0.203 e. The van der Waals surface area contributed by atoms with Crippen molar-refractivity contribution < 1.29 is 14.2 Å².